The highest BCUT2D eigenvalue weighted by atomic mass is 19.1. The summed E-state index contributed by atoms with van der Waals surface area (Å²) in [4.78, 5) is 0. The first kappa shape index (κ1) is 12.1. The van der Waals surface area contributed by atoms with Crippen LogP contribution in [0.2, 0.25) is 0 Å². The second kappa shape index (κ2) is 4.68. The van der Waals surface area contributed by atoms with Crippen LogP contribution in [-0.4, -0.2) is 11.2 Å². The standard InChI is InChI=1S/C11H15F2NO/c1-6(2)11(15)10(14)8-4-3-7(12)5-9(8)13/h3-6,10-11,15H,14H2,1-2H3/t10-,11+/m1/s1. The molecule has 0 saturated carbocycles. The molecule has 0 aliphatic rings. The van der Waals surface area contributed by atoms with Crippen molar-refractivity contribution in [2.45, 2.75) is 26.0 Å². The topological polar surface area (TPSA) is 46.2 Å². The third-order valence-corrected chi connectivity index (χ3v) is 2.37. The van der Waals surface area contributed by atoms with Gasteiger partial charge in [0.2, 0.25) is 0 Å². The fourth-order valence-electron chi connectivity index (χ4n) is 1.37. The molecule has 0 bridgehead atoms. The molecule has 3 N–H and O–H groups in total. The summed E-state index contributed by atoms with van der Waals surface area (Å²) in [6, 6.07) is 2.33. The van der Waals surface area contributed by atoms with Gasteiger partial charge in [0.05, 0.1) is 12.1 Å². The summed E-state index contributed by atoms with van der Waals surface area (Å²) in [5.74, 6) is -1.45. The van der Waals surface area contributed by atoms with Crippen molar-refractivity contribution in [3.8, 4) is 0 Å². The van der Waals surface area contributed by atoms with E-state index in [1.165, 1.54) is 6.07 Å². The monoisotopic (exact) mass is 215 g/mol. The molecule has 0 spiro atoms. The van der Waals surface area contributed by atoms with Crippen LogP contribution in [0.25, 0.3) is 0 Å². The fourth-order valence-corrected chi connectivity index (χ4v) is 1.37. The van der Waals surface area contributed by atoms with Gasteiger partial charge < -0.3 is 10.8 Å². The molecule has 0 radical (unpaired) electrons. The molecule has 4 heteroatoms. The van der Waals surface area contributed by atoms with E-state index in [-0.39, 0.29) is 11.5 Å². The van der Waals surface area contributed by atoms with Crippen LogP contribution in [-0.2, 0) is 0 Å². The smallest absolute Gasteiger partial charge is 0.130 e. The van der Waals surface area contributed by atoms with Crippen molar-refractivity contribution >= 4 is 0 Å². The molecule has 0 heterocycles. The maximum absolute atomic E-state index is 13.3. The van der Waals surface area contributed by atoms with Gasteiger partial charge in [-0.3, -0.25) is 0 Å². The van der Waals surface area contributed by atoms with Gasteiger partial charge in [-0.2, -0.15) is 0 Å². The second-order valence-electron chi connectivity index (χ2n) is 3.93. The van der Waals surface area contributed by atoms with E-state index in [1.807, 2.05) is 0 Å². The molecule has 1 aromatic rings. The summed E-state index contributed by atoms with van der Waals surface area (Å²) >= 11 is 0. The van der Waals surface area contributed by atoms with Gasteiger partial charge in [0, 0.05) is 11.6 Å². The minimum absolute atomic E-state index is 0.0792. The Morgan fingerprint density at radius 1 is 1.27 bits per heavy atom. The molecule has 1 aromatic carbocycles. The van der Waals surface area contributed by atoms with Crippen LogP contribution in [0.1, 0.15) is 25.5 Å². The average Bonchev–Trinajstić information content (AvgIpc) is 2.15. The first-order valence-corrected chi connectivity index (χ1v) is 4.82. The lowest BCUT2D eigenvalue weighted by Gasteiger charge is -2.22. The molecule has 0 unspecified atom stereocenters. The molecule has 2 nitrogen and oxygen atoms in total. The highest BCUT2D eigenvalue weighted by Gasteiger charge is 2.22. The molecule has 0 fully saturated rings. The van der Waals surface area contributed by atoms with E-state index in [2.05, 4.69) is 0 Å². The molecule has 0 aliphatic heterocycles. The van der Waals surface area contributed by atoms with Crippen molar-refractivity contribution < 1.29 is 13.9 Å². The Kier molecular flexibility index (Phi) is 3.77. The van der Waals surface area contributed by atoms with E-state index in [4.69, 9.17) is 5.73 Å². The van der Waals surface area contributed by atoms with Crippen molar-refractivity contribution in [2.75, 3.05) is 0 Å². The molecule has 0 aromatic heterocycles. The van der Waals surface area contributed by atoms with Crippen LogP contribution in [0, 0.1) is 17.6 Å². The highest BCUT2D eigenvalue weighted by molar-refractivity contribution is 5.22. The number of nitrogens with two attached hydrogens (primary N) is 1. The summed E-state index contributed by atoms with van der Waals surface area (Å²) in [7, 11) is 0. The lowest BCUT2D eigenvalue weighted by molar-refractivity contribution is 0.0966. The van der Waals surface area contributed by atoms with Crippen LogP contribution in [0.4, 0.5) is 8.78 Å². The number of rotatable bonds is 3. The Labute approximate surface area is 87.7 Å². The summed E-state index contributed by atoms with van der Waals surface area (Å²) in [5.41, 5.74) is 5.81. The SMILES string of the molecule is CC(C)[C@H](O)[C@H](N)c1ccc(F)cc1F. The van der Waals surface area contributed by atoms with Gasteiger partial charge >= 0.3 is 0 Å². The molecule has 2 atom stereocenters. The van der Waals surface area contributed by atoms with Gasteiger partial charge in [-0.15, -0.1) is 0 Å². The van der Waals surface area contributed by atoms with E-state index in [9.17, 15) is 13.9 Å². The molecule has 0 saturated heterocycles. The quantitative estimate of drug-likeness (QED) is 0.809. The molecule has 84 valence electrons. The van der Waals surface area contributed by atoms with Crippen molar-refractivity contribution in [3.05, 3.63) is 35.4 Å². The lowest BCUT2D eigenvalue weighted by Crippen LogP contribution is -2.31. The van der Waals surface area contributed by atoms with Gasteiger partial charge in [-0.25, -0.2) is 8.78 Å². The normalized spacial score (nSPS) is 15.4. The van der Waals surface area contributed by atoms with Crippen molar-refractivity contribution in [2.24, 2.45) is 11.7 Å². The number of hydrogen-bond donors (Lipinski definition) is 2. The largest absolute Gasteiger partial charge is 0.391 e. The summed E-state index contributed by atoms with van der Waals surface area (Å²) in [5, 5.41) is 9.66. The first-order valence-electron chi connectivity index (χ1n) is 4.82. The Hall–Kier alpha value is -1.00. The molecular formula is C11H15F2NO. The van der Waals surface area contributed by atoms with E-state index in [0.29, 0.717) is 0 Å². The predicted octanol–water partition coefficient (Wildman–Crippen LogP) is 1.98. The van der Waals surface area contributed by atoms with Crippen LogP contribution in [0.5, 0.6) is 0 Å². The Balaban J connectivity index is 2.96. The third kappa shape index (κ3) is 2.73. The van der Waals surface area contributed by atoms with E-state index in [0.717, 1.165) is 12.1 Å². The van der Waals surface area contributed by atoms with Gasteiger partial charge in [0.15, 0.2) is 0 Å². The molecule has 0 amide bonds. The minimum Gasteiger partial charge on any atom is -0.391 e. The molecule has 0 aliphatic carbocycles. The van der Waals surface area contributed by atoms with Crippen molar-refractivity contribution in [1.82, 2.24) is 0 Å². The zero-order chi connectivity index (χ0) is 11.6. The molecule has 1 rings (SSSR count). The highest BCUT2D eigenvalue weighted by Crippen LogP contribution is 2.22. The average molecular weight is 215 g/mol. The number of hydrogen-bond acceptors (Lipinski definition) is 2. The number of aliphatic hydroxyl groups is 1. The van der Waals surface area contributed by atoms with Gasteiger partial charge in [-0.1, -0.05) is 19.9 Å². The summed E-state index contributed by atoms with van der Waals surface area (Å²) in [6.07, 6.45) is -0.843. The van der Waals surface area contributed by atoms with Crippen LogP contribution in [0.3, 0.4) is 0 Å². The number of halogens is 2. The summed E-state index contributed by atoms with van der Waals surface area (Å²) < 4.78 is 25.9. The van der Waals surface area contributed by atoms with Crippen molar-refractivity contribution in [1.29, 1.82) is 0 Å². The fraction of sp³-hybridized carbons (Fsp3) is 0.455. The zero-order valence-corrected chi connectivity index (χ0v) is 8.74. The van der Waals surface area contributed by atoms with Crippen LogP contribution < -0.4 is 5.73 Å². The maximum Gasteiger partial charge on any atom is 0.130 e. The predicted molar refractivity (Wildman–Crippen MR) is 54.1 cm³/mol. The number of aliphatic hydroxyl groups excluding tert-OH is 1. The first-order chi connectivity index (χ1) is 6.93. The van der Waals surface area contributed by atoms with Crippen LogP contribution >= 0.6 is 0 Å². The second-order valence-corrected chi connectivity index (χ2v) is 3.93. The lowest BCUT2D eigenvalue weighted by atomic mass is 9.94. The zero-order valence-electron chi connectivity index (χ0n) is 8.74. The van der Waals surface area contributed by atoms with Gasteiger partial charge in [0.1, 0.15) is 11.6 Å². The van der Waals surface area contributed by atoms with Crippen molar-refractivity contribution in [3.63, 3.8) is 0 Å². The minimum atomic E-state index is -0.843. The summed E-state index contributed by atoms with van der Waals surface area (Å²) in [6.45, 7) is 3.57. The third-order valence-electron chi connectivity index (χ3n) is 2.37. The maximum atomic E-state index is 13.3. The molecular weight excluding hydrogens is 200 g/mol. The van der Waals surface area contributed by atoms with Gasteiger partial charge in [-0.05, 0) is 12.0 Å². The van der Waals surface area contributed by atoms with E-state index < -0.39 is 23.8 Å². The van der Waals surface area contributed by atoms with Gasteiger partial charge in [0.25, 0.3) is 0 Å². The van der Waals surface area contributed by atoms with Crippen LogP contribution in [0.15, 0.2) is 18.2 Å². The Bertz CT molecular complexity index is 341. The molecule has 15 heavy (non-hydrogen) atoms. The van der Waals surface area contributed by atoms with E-state index in [1.54, 1.807) is 13.8 Å². The number of benzene rings is 1. The van der Waals surface area contributed by atoms with E-state index >= 15 is 0 Å². The Morgan fingerprint density at radius 3 is 2.33 bits per heavy atom. The Morgan fingerprint density at radius 2 is 1.87 bits per heavy atom.